The van der Waals surface area contributed by atoms with Crippen molar-refractivity contribution >= 4 is 5.97 Å². The number of hydrogen-bond donors (Lipinski definition) is 2. The van der Waals surface area contributed by atoms with Crippen LogP contribution < -0.4 is 9.47 Å². The largest absolute Gasteiger partial charge is 0.479 e. The molecular weight excluding hydrogens is 238 g/mol. The molecule has 1 aliphatic rings. The first-order valence-electron chi connectivity index (χ1n) is 4.63. The van der Waals surface area contributed by atoms with Gasteiger partial charge in [-0.25, -0.2) is 13.6 Å². The highest BCUT2D eigenvalue weighted by Crippen LogP contribution is 2.40. The number of carboxylic acid groups (broad SMARTS) is 1. The van der Waals surface area contributed by atoms with Crippen molar-refractivity contribution < 1.29 is 33.3 Å². The number of hydrogen-bond acceptors (Lipinski definition) is 4. The summed E-state index contributed by atoms with van der Waals surface area (Å²) in [5.41, 5.74) is -0.971. The van der Waals surface area contributed by atoms with Crippen LogP contribution in [0, 0.1) is 0 Å². The smallest absolute Gasteiger partial charge is 0.337 e. The molecule has 2 N–H and O–H groups in total. The van der Waals surface area contributed by atoms with E-state index in [9.17, 15) is 18.7 Å². The number of carbonyl (C=O) groups is 1. The third kappa shape index (κ3) is 2.01. The number of halogens is 2. The molecule has 17 heavy (non-hydrogen) atoms. The first-order chi connectivity index (χ1) is 8.00. The topological polar surface area (TPSA) is 76.0 Å². The summed E-state index contributed by atoms with van der Waals surface area (Å²) in [6.07, 6.45) is -4.93. The van der Waals surface area contributed by atoms with Crippen molar-refractivity contribution in [1.82, 2.24) is 0 Å². The van der Waals surface area contributed by atoms with Gasteiger partial charge in [0.05, 0.1) is 0 Å². The summed E-state index contributed by atoms with van der Waals surface area (Å²) in [7, 11) is 0. The molecule has 0 saturated heterocycles. The maximum Gasteiger partial charge on any atom is 0.337 e. The van der Waals surface area contributed by atoms with E-state index in [-0.39, 0.29) is 18.3 Å². The molecule has 1 aliphatic heterocycles. The van der Waals surface area contributed by atoms with Crippen LogP contribution >= 0.6 is 0 Å². The monoisotopic (exact) mass is 246 g/mol. The summed E-state index contributed by atoms with van der Waals surface area (Å²) in [6.45, 7) is -0.120. The maximum absolute atomic E-state index is 12.7. The molecular formula is C10H8F2O5. The van der Waals surface area contributed by atoms with E-state index < -0.39 is 29.6 Å². The van der Waals surface area contributed by atoms with E-state index in [1.54, 1.807) is 0 Å². The number of carboxylic acids is 1. The Balaban J connectivity index is 2.52. The summed E-state index contributed by atoms with van der Waals surface area (Å²) in [4.78, 5) is 10.6. The molecule has 2 rings (SSSR count). The fourth-order valence-corrected chi connectivity index (χ4v) is 1.53. The Hall–Kier alpha value is -1.89. The van der Waals surface area contributed by atoms with E-state index in [1.165, 1.54) is 0 Å². The van der Waals surface area contributed by atoms with E-state index >= 15 is 0 Å². The van der Waals surface area contributed by atoms with Crippen LogP contribution in [0.4, 0.5) is 8.78 Å². The zero-order chi connectivity index (χ0) is 12.6. The minimum absolute atomic E-state index is 0.113. The fourth-order valence-electron chi connectivity index (χ4n) is 1.53. The number of benzene rings is 1. The van der Waals surface area contributed by atoms with Crippen LogP contribution in [0.15, 0.2) is 12.1 Å². The number of rotatable bonds is 3. The molecule has 0 aliphatic carbocycles. The molecule has 7 heteroatoms. The van der Waals surface area contributed by atoms with Crippen LogP contribution in [0.25, 0.3) is 0 Å². The highest BCUT2D eigenvalue weighted by molar-refractivity contribution is 5.75. The molecule has 1 atom stereocenters. The Morgan fingerprint density at radius 2 is 1.76 bits per heavy atom. The molecule has 1 unspecified atom stereocenters. The Morgan fingerprint density at radius 3 is 2.24 bits per heavy atom. The van der Waals surface area contributed by atoms with Crippen LogP contribution in [0.2, 0.25) is 0 Å². The van der Waals surface area contributed by atoms with Crippen molar-refractivity contribution in [1.29, 1.82) is 0 Å². The van der Waals surface area contributed by atoms with Crippen LogP contribution in [0.5, 0.6) is 11.5 Å². The lowest BCUT2D eigenvalue weighted by Crippen LogP contribution is -2.13. The lowest BCUT2D eigenvalue weighted by Gasteiger charge is -2.12. The Kier molecular flexibility index (Phi) is 2.84. The number of fused-ring (bicyclic) bond motifs is 1. The Labute approximate surface area is 94.2 Å². The quantitative estimate of drug-likeness (QED) is 0.844. The third-order valence-electron chi connectivity index (χ3n) is 2.34. The van der Waals surface area contributed by atoms with Gasteiger partial charge in [0, 0.05) is 11.1 Å². The molecule has 0 amide bonds. The second kappa shape index (κ2) is 4.17. The predicted molar refractivity (Wildman–Crippen MR) is 50.1 cm³/mol. The van der Waals surface area contributed by atoms with Crippen molar-refractivity contribution in [2.45, 2.75) is 12.5 Å². The lowest BCUT2D eigenvalue weighted by molar-refractivity contribution is -0.147. The third-order valence-corrected chi connectivity index (χ3v) is 2.34. The van der Waals surface area contributed by atoms with Gasteiger partial charge in [-0.15, -0.1) is 0 Å². The van der Waals surface area contributed by atoms with Gasteiger partial charge in [0.25, 0.3) is 6.43 Å². The number of aliphatic carboxylic acids is 1. The average molecular weight is 246 g/mol. The fraction of sp³-hybridized carbons (Fsp3) is 0.300. The van der Waals surface area contributed by atoms with Crippen molar-refractivity contribution in [3.63, 3.8) is 0 Å². The van der Waals surface area contributed by atoms with Crippen molar-refractivity contribution in [2.24, 2.45) is 0 Å². The van der Waals surface area contributed by atoms with Gasteiger partial charge in [-0.3, -0.25) is 0 Å². The van der Waals surface area contributed by atoms with Crippen molar-refractivity contribution in [3.8, 4) is 11.5 Å². The lowest BCUT2D eigenvalue weighted by atomic mass is 10.0. The summed E-state index contributed by atoms with van der Waals surface area (Å²) < 4.78 is 35.3. The second-order valence-electron chi connectivity index (χ2n) is 3.38. The molecule has 0 fully saturated rings. The van der Waals surface area contributed by atoms with Gasteiger partial charge in [-0.1, -0.05) is 0 Å². The van der Waals surface area contributed by atoms with Crippen LogP contribution in [0.1, 0.15) is 23.7 Å². The number of ether oxygens (including phenoxy) is 2. The van der Waals surface area contributed by atoms with Gasteiger partial charge in [-0.05, 0) is 12.1 Å². The Morgan fingerprint density at radius 1 is 1.24 bits per heavy atom. The van der Waals surface area contributed by atoms with E-state index in [2.05, 4.69) is 0 Å². The molecule has 1 aromatic carbocycles. The summed E-state index contributed by atoms with van der Waals surface area (Å²) in [5.74, 6) is -1.35. The normalized spacial score (nSPS) is 15.1. The minimum Gasteiger partial charge on any atom is -0.479 e. The summed E-state index contributed by atoms with van der Waals surface area (Å²) in [6, 6.07) is 2.04. The predicted octanol–water partition coefficient (Wildman–Crippen LogP) is 1.47. The molecule has 0 aromatic heterocycles. The van der Waals surface area contributed by atoms with Gasteiger partial charge in [-0.2, -0.15) is 0 Å². The molecule has 0 radical (unpaired) electrons. The molecule has 92 valence electrons. The van der Waals surface area contributed by atoms with E-state index in [0.29, 0.717) is 0 Å². The number of alkyl halides is 2. The van der Waals surface area contributed by atoms with Gasteiger partial charge in [0.2, 0.25) is 6.79 Å². The average Bonchev–Trinajstić information content (AvgIpc) is 2.72. The zero-order valence-electron chi connectivity index (χ0n) is 8.39. The molecule has 0 spiro atoms. The second-order valence-corrected chi connectivity index (χ2v) is 3.38. The minimum atomic E-state index is -2.91. The first-order valence-corrected chi connectivity index (χ1v) is 4.63. The highest BCUT2D eigenvalue weighted by Gasteiger charge is 2.28. The van der Waals surface area contributed by atoms with E-state index in [0.717, 1.165) is 12.1 Å². The molecule has 0 saturated carbocycles. The first kappa shape index (κ1) is 11.6. The van der Waals surface area contributed by atoms with Crippen molar-refractivity contribution in [3.05, 3.63) is 23.3 Å². The summed E-state index contributed by atoms with van der Waals surface area (Å²) in [5, 5.41) is 18.0. The number of aliphatic hydroxyl groups excluding tert-OH is 1. The van der Waals surface area contributed by atoms with Crippen LogP contribution in [0.3, 0.4) is 0 Å². The Bertz CT molecular complexity index is 460. The van der Waals surface area contributed by atoms with Crippen LogP contribution in [-0.4, -0.2) is 23.0 Å². The van der Waals surface area contributed by atoms with Gasteiger partial charge in [0.15, 0.2) is 17.6 Å². The molecule has 0 bridgehead atoms. The van der Waals surface area contributed by atoms with Gasteiger partial charge < -0.3 is 19.7 Å². The van der Waals surface area contributed by atoms with E-state index in [1.807, 2.05) is 0 Å². The molecule has 5 nitrogen and oxygen atoms in total. The molecule has 1 heterocycles. The SMILES string of the molecule is O=C(O)C(O)c1cc2c(cc1C(F)F)OCO2. The molecule has 1 aromatic rings. The standard InChI is InChI=1S/C10H8F2O5/c11-9(12)5-2-7-6(16-3-17-7)1-4(5)8(13)10(14)15/h1-2,8-9,13H,3H2,(H,14,15). The van der Waals surface area contributed by atoms with Gasteiger partial charge in [0.1, 0.15) is 0 Å². The highest BCUT2D eigenvalue weighted by atomic mass is 19.3. The van der Waals surface area contributed by atoms with Gasteiger partial charge >= 0.3 is 5.97 Å². The van der Waals surface area contributed by atoms with Crippen LogP contribution in [-0.2, 0) is 4.79 Å². The van der Waals surface area contributed by atoms with E-state index in [4.69, 9.17) is 14.6 Å². The summed E-state index contributed by atoms with van der Waals surface area (Å²) >= 11 is 0. The zero-order valence-corrected chi connectivity index (χ0v) is 8.39. The van der Waals surface area contributed by atoms with Crippen molar-refractivity contribution in [2.75, 3.05) is 6.79 Å². The number of aliphatic hydroxyl groups is 1. The maximum atomic E-state index is 12.7.